The molecule has 0 radical (unpaired) electrons. The highest BCUT2D eigenvalue weighted by molar-refractivity contribution is 5.05. The summed E-state index contributed by atoms with van der Waals surface area (Å²) in [6, 6.07) is 0. The maximum atomic E-state index is 10.0. The normalized spacial score (nSPS) is 26.1. The van der Waals surface area contributed by atoms with Crippen LogP contribution in [0.4, 0.5) is 0 Å². The molecular weight excluding hydrogens is 182 g/mol. The fourth-order valence-electron chi connectivity index (χ4n) is 2.18. The van der Waals surface area contributed by atoms with Crippen LogP contribution in [0.3, 0.4) is 0 Å². The standard InChI is InChI=1S/C9H13N3O2/c13-9(7-1-2-7)4-12(5-9)3-8-10-6-14-11-8/h6-7,13H,1-5H2. The molecule has 1 N–H and O–H groups in total. The van der Waals surface area contributed by atoms with E-state index in [1.54, 1.807) is 0 Å². The molecule has 0 bridgehead atoms. The number of aliphatic hydroxyl groups is 1. The van der Waals surface area contributed by atoms with Gasteiger partial charge in [-0.05, 0) is 18.8 Å². The minimum atomic E-state index is -0.413. The Balaban J connectivity index is 1.54. The molecule has 1 saturated heterocycles. The van der Waals surface area contributed by atoms with Gasteiger partial charge in [-0.1, -0.05) is 5.16 Å². The van der Waals surface area contributed by atoms with Crippen LogP contribution < -0.4 is 0 Å². The molecular formula is C9H13N3O2. The molecule has 14 heavy (non-hydrogen) atoms. The van der Waals surface area contributed by atoms with Gasteiger partial charge in [0.05, 0.1) is 12.1 Å². The van der Waals surface area contributed by atoms with Gasteiger partial charge in [-0.15, -0.1) is 0 Å². The molecule has 1 saturated carbocycles. The van der Waals surface area contributed by atoms with E-state index < -0.39 is 5.60 Å². The Kier molecular flexibility index (Phi) is 1.66. The zero-order valence-electron chi connectivity index (χ0n) is 7.89. The van der Waals surface area contributed by atoms with Gasteiger partial charge in [-0.2, -0.15) is 4.98 Å². The Labute approximate surface area is 81.7 Å². The monoisotopic (exact) mass is 195 g/mol. The summed E-state index contributed by atoms with van der Waals surface area (Å²) >= 11 is 0. The molecule has 0 aromatic carbocycles. The summed E-state index contributed by atoms with van der Waals surface area (Å²) in [4.78, 5) is 6.09. The van der Waals surface area contributed by atoms with Crippen molar-refractivity contribution in [3.8, 4) is 0 Å². The van der Waals surface area contributed by atoms with Gasteiger partial charge in [0.25, 0.3) is 0 Å². The zero-order chi connectivity index (χ0) is 9.60. The molecule has 0 atom stereocenters. The van der Waals surface area contributed by atoms with E-state index in [-0.39, 0.29) is 0 Å². The predicted molar refractivity (Wildman–Crippen MR) is 47.2 cm³/mol. The number of aromatic nitrogens is 2. The predicted octanol–water partition coefficient (Wildman–Crippen LogP) is 0.0263. The number of rotatable bonds is 3. The fourth-order valence-corrected chi connectivity index (χ4v) is 2.18. The van der Waals surface area contributed by atoms with Gasteiger partial charge >= 0.3 is 0 Å². The average molecular weight is 195 g/mol. The summed E-state index contributed by atoms with van der Waals surface area (Å²) in [5, 5.41) is 13.8. The highest BCUT2D eigenvalue weighted by Gasteiger charge is 2.51. The second kappa shape index (κ2) is 2.77. The summed E-state index contributed by atoms with van der Waals surface area (Å²) < 4.78 is 4.65. The van der Waals surface area contributed by atoms with Crippen LogP contribution in [-0.2, 0) is 6.54 Å². The van der Waals surface area contributed by atoms with Crippen LogP contribution in [0, 0.1) is 5.92 Å². The van der Waals surface area contributed by atoms with E-state index >= 15 is 0 Å². The van der Waals surface area contributed by atoms with E-state index in [1.807, 2.05) is 0 Å². The third-order valence-corrected chi connectivity index (χ3v) is 3.10. The maximum Gasteiger partial charge on any atom is 0.213 e. The second-order valence-corrected chi connectivity index (χ2v) is 4.37. The first-order chi connectivity index (χ1) is 6.76. The van der Waals surface area contributed by atoms with E-state index in [0.717, 1.165) is 13.1 Å². The van der Waals surface area contributed by atoms with E-state index in [2.05, 4.69) is 19.6 Å². The van der Waals surface area contributed by atoms with Crippen LogP contribution in [0.5, 0.6) is 0 Å². The Hall–Kier alpha value is -0.940. The topological polar surface area (TPSA) is 62.4 Å². The fraction of sp³-hybridized carbons (Fsp3) is 0.778. The van der Waals surface area contributed by atoms with Crippen molar-refractivity contribution in [2.24, 2.45) is 5.92 Å². The lowest BCUT2D eigenvalue weighted by Crippen LogP contribution is -2.62. The summed E-state index contributed by atoms with van der Waals surface area (Å²) in [6.45, 7) is 2.20. The third-order valence-electron chi connectivity index (χ3n) is 3.10. The van der Waals surface area contributed by atoms with Crippen LogP contribution in [0.2, 0.25) is 0 Å². The molecule has 2 fully saturated rings. The molecule has 5 nitrogen and oxygen atoms in total. The number of nitrogens with zero attached hydrogens (tertiary/aromatic N) is 3. The van der Waals surface area contributed by atoms with Crippen molar-refractivity contribution in [1.82, 2.24) is 15.0 Å². The van der Waals surface area contributed by atoms with Crippen molar-refractivity contribution in [2.45, 2.75) is 25.0 Å². The van der Waals surface area contributed by atoms with Crippen molar-refractivity contribution in [3.05, 3.63) is 12.2 Å². The molecule has 0 spiro atoms. The van der Waals surface area contributed by atoms with Gasteiger partial charge < -0.3 is 9.63 Å². The van der Waals surface area contributed by atoms with E-state index in [0.29, 0.717) is 18.3 Å². The van der Waals surface area contributed by atoms with Crippen LogP contribution >= 0.6 is 0 Å². The highest BCUT2D eigenvalue weighted by Crippen LogP contribution is 2.44. The third kappa shape index (κ3) is 1.33. The molecule has 1 aromatic heterocycles. The van der Waals surface area contributed by atoms with Gasteiger partial charge in [0.15, 0.2) is 5.82 Å². The highest BCUT2D eigenvalue weighted by atomic mass is 16.5. The van der Waals surface area contributed by atoms with Crippen molar-refractivity contribution in [2.75, 3.05) is 13.1 Å². The molecule has 1 aromatic rings. The molecule has 76 valence electrons. The van der Waals surface area contributed by atoms with Crippen molar-refractivity contribution in [1.29, 1.82) is 0 Å². The minimum Gasteiger partial charge on any atom is -0.387 e. The van der Waals surface area contributed by atoms with Crippen LogP contribution in [0.25, 0.3) is 0 Å². The van der Waals surface area contributed by atoms with E-state index in [1.165, 1.54) is 19.2 Å². The molecule has 2 heterocycles. The molecule has 3 rings (SSSR count). The lowest BCUT2D eigenvalue weighted by Gasteiger charge is -2.46. The van der Waals surface area contributed by atoms with E-state index in [9.17, 15) is 5.11 Å². The Bertz CT molecular complexity index is 315. The largest absolute Gasteiger partial charge is 0.387 e. The average Bonchev–Trinajstić information content (AvgIpc) is 2.84. The lowest BCUT2D eigenvalue weighted by atomic mass is 9.89. The Morgan fingerprint density at radius 1 is 1.57 bits per heavy atom. The number of hydrogen-bond donors (Lipinski definition) is 1. The summed E-state index contributed by atoms with van der Waals surface area (Å²) in [7, 11) is 0. The lowest BCUT2D eigenvalue weighted by molar-refractivity contribution is -0.117. The molecule has 1 aliphatic carbocycles. The summed E-state index contributed by atoms with van der Waals surface area (Å²) in [5.74, 6) is 1.24. The Morgan fingerprint density at radius 2 is 2.36 bits per heavy atom. The summed E-state index contributed by atoms with van der Waals surface area (Å²) in [5.41, 5.74) is -0.413. The summed E-state index contributed by atoms with van der Waals surface area (Å²) in [6.07, 6.45) is 3.71. The van der Waals surface area contributed by atoms with Gasteiger partial charge in [0.1, 0.15) is 0 Å². The van der Waals surface area contributed by atoms with Crippen LogP contribution in [0.15, 0.2) is 10.9 Å². The van der Waals surface area contributed by atoms with Crippen LogP contribution in [0.1, 0.15) is 18.7 Å². The van der Waals surface area contributed by atoms with Crippen molar-refractivity contribution >= 4 is 0 Å². The number of likely N-dealkylation sites (tertiary alicyclic amines) is 1. The quantitative estimate of drug-likeness (QED) is 0.737. The minimum absolute atomic E-state index is 0.413. The van der Waals surface area contributed by atoms with E-state index in [4.69, 9.17) is 0 Å². The van der Waals surface area contributed by atoms with Crippen molar-refractivity contribution < 1.29 is 9.63 Å². The number of β-amino-alcohol motifs (C(OH)–C–C–N with tert-alkyl or cyclic N) is 1. The second-order valence-electron chi connectivity index (χ2n) is 4.37. The van der Waals surface area contributed by atoms with Crippen molar-refractivity contribution in [3.63, 3.8) is 0 Å². The zero-order valence-corrected chi connectivity index (χ0v) is 7.89. The Morgan fingerprint density at radius 3 is 2.93 bits per heavy atom. The molecule has 0 unspecified atom stereocenters. The number of hydrogen-bond acceptors (Lipinski definition) is 5. The van der Waals surface area contributed by atoms with Gasteiger partial charge in [-0.3, -0.25) is 4.90 Å². The first-order valence-electron chi connectivity index (χ1n) is 4.96. The van der Waals surface area contributed by atoms with Gasteiger partial charge in [-0.25, -0.2) is 0 Å². The first kappa shape index (κ1) is 8.38. The first-order valence-corrected chi connectivity index (χ1v) is 4.96. The van der Waals surface area contributed by atoms with Crippen LogP contribution in [-0.4, -0.2) is 38.8 Å². The molecule has 2 aliphatic rings. The van der Waals surface area contributed by atoms with Gasteiger partial charge in [0.2, 0.25) is 6.39 Å². The molecule has 5 heteroatoms. The van der Waals surface area contributed by atoms with Gasteiger partial charge in [0, 0.05) is 13.1 Å². The SMILES string of the molecule is OC1(C2CC2)CN(Cc2ncon2)C1. The molecule has 1 aliphatic heterocycles. The maximum absolute atomic E-state index is 10.0. The molecule has 0 amide bonds. The smallest absolute Gasteiger partial charge is 0.213 e.